The molecule has 1 saturated heterocycles. The monoisotopic (exact) mass is 317 g/mol. The van der Waals surface area contributed by atoms with Gasteiger partial charge in [-0.15, -0.1) is 11.3 Å². The number of thiophene rings is 1. The molecule has 1 aromatic heterocycles. The van der Waals surface area contributed by atoms with Gasteiger partial charge in [0.25, 0.3) is 0 Å². The van der Waals surface area contributed by atoms with Crippen molar-refractivity contribution in [1.29, 1.82) is 0 Å². The third-order valence-electron chi connectivity index (χ3n) is 3.82. The van der Waals surface area contributed by atoms with Gasteiger partial charge in [-0.2, -0.15) is 0 Å². The van der Waals surface area contributed by atoms with Crippen LogP contribution >= 0.6 is 11.3 Å². The Morgan fingerprint density at radius 1 is 1.40 bits per heavy atom. The van der Waals surface area contributed by atoms with Crippen molar-refractivity contribution in [1.82, 2.24) is 9.62 Å². The van der Waals surface area contributed by atoms with Gasteiger partial charge in [-0.05, 0) is 50.5 Å². The Hall–Kier alpha value is -0.470. The minimum atomic E-state index is -3.37. The van der Waals surface area contributed by atoms with Gasteiger partial charge in [0.05, 0.1) is 0 Å². The summed E-state index contributed by atoms with van der Waals surface area (Å²) in [6.07, 6.45) is 2.13. The number of hydrogen-bond donors (Lipinski definition) is 2. The van der Waals surface area contributed by atoms with Gasteiger partial charge in [0.2, 0.25) is 10.0 Å². The highest BCUT2D eigenvalue weighted by Crippen LogP contribution is 2.22. The van der Waals surface area contributed by atoms with E-state index in [2.05, 4.69) is 16.5 Å². The molecule has 0 spiro atoms. The number of sulfonamides is 1. The molecule has 1 fully saturated rings. The van der Waals surface area contributed by atoms with Crippen LogP contribution in [0.15, 0.2) is 16.3 Å². The maximum Gasteiger partial charge on any atom is 0.250 e. The predicted molar refractivity (Wildman–Crippen MR) is 82.2 cm³/mol. The van der Waals surface area contributed by atoms with E-state index in [1.807, 2.05) is 0 Å². The van der Waals surface area contributed by atoms with Crippen LogP contribution in [0.3, 0.4) is 0 Å². The Morgan fingerprint density at radius 3 is 2.65 bits per heavy atom. The van der Waals surface area contributed by atoms with Crippen LogP contribution in [0.4, 0.5) is 0 Å². The number of likely N-dealkylation sites (tertiary alicyclic amines) is 1. The second-order valence-corrected chi connectivity index (χ2v) is 8.32. The molecule has 0 unspecified atom stereocenters. The summed E-state index contributed by atoms with van der Waals surface area (Å²) in [7, 11) is -3.37. The molecule has 3 N–H and O–H groups in total. The molecule has 20 heavy (non-hydrogen) atoms. The summed E-state index contributed by atoms with van der Waals surface area (Å²) in [6, 6.07) is 3.41. The third kappa shape index (κ3) is 4.02. The first-order chi connectivity index (χ1) is 9.55. The number of hydrogen-bond acceptors (Lipinski definition) is 5. The average Bonchev–Trinajstić information content (AvgIpc) is 2.95. The molecular weight excluding hydrogens is 294 g/mol. The largest absolute Gasteiger partial charge is 0.326 e. The first kappa shape index (κ1) is 15.9. The number of nitrogens with zero attached hydrogens (tertiary/aromatic N) is 1. The van der Waals surface area contributed by atoms with Gasteiger partial charge in [0.1, 0.15) is 4.21 Å². The second kappa shape index (κ2) is 7.00. The van der Waals surface area contributed by atoms with E-state index < -0.39 is 10.0 Å². The van der Waals surface area contributed by atoms with Crippen LogP contribution in [-0.4, -0.2) is 39.5 Å². The lowest BCUT2D eigenvalue weighted by Crippen LogP contribution is -2.38. The fraction of sp³-hybridized carbons (Fsp3) is 0.692. The molecule has 1 aliphatic rings. The summed E-state index contributed by atoms with van der Waals surface area (Å²) in [5.74, 6) is 0.446. The molecule has 0 bridgehead atoms. The quantitative estimate of drug-likeness (QED) is 0.827. The lowest BCUT2D eigenvalue weighted by Gasteiger charge is -2.30. The summed E-state index contributed by atoms with van der Waals surface area (Å²) in [5, 5.41) is 0. The molecule has 1 aliphatic heterocycles. The third-order valence-corrected chi connectivity index (χ3v) is 6.84. The zero-order chi connectivity index (χ0) is 14.6. The maximum absolute atomic E-state index is 12.2. The van der Waals surface area contributed by atoms with Gasteiger partial charge in [-0.3, -0.25) is 0 Å². The van der Waals surface area contributed by atoms with Gasteiger partial charge < -0.3 is 10.6 Å². The van der Waals surface area contributed by atoms with Crippen molar-refractivity contribution in [3.63, 3.8) is 0 Å². The molecule has 5 nitrogen and oxygen atoms in total. The molecule has 0 aliphatic carbocycles. The lowest BCUT2D eigenvalue weighted by molar-refractivity contribution is 0.194. The van der Waals surface area contributed by atoms with Gasteiger partial charge in [-0.1, -0.05) is 6.92 Å². The topological polar surface area (TPSA) is 75.4 Å². The molecule has 0 aromatic carbocycles. The summed E-state index contributed by atoms with van der Waals surface area (Å²) in [6.45, 7) is 6.30. The van der Waals surface area contributed by atoms with Crippen molar-refractivity contribution < 1.29 is 8.42 Å². The van der Waals surface area contributed by atoms with Crippen molar-refractivity contribution in [2.45, 2.75) is 30.5 Å². The molecule has 0 radical (unpaired) electrons. The zero-order valence-corrected chi connectivity index (χ0v) is 13.5. The normalized spacial score (nSPS) is 18.5. The number of nitrogens with two attached hydrogens (primary N) is 1. The molecule has 7 heteroatoms. The van der Waals surface area contributed by atoms with E-state index in [4.69, 9.17) is 5.73 Å². The van der Waals surface area contributed by atoms with Crippen molar-refractivity contribution in [2.24, 2.45) is 11.7 Å². The Morgan fingerprint density at radius 2 is 2.10 bits per heavy atom. The van der Waals surface area contributed by atoms with E-state index in [9.17, 15) is 8.42 Å². The molecule has 1 aromatic rings. The van der Waals surface area contributed by atoms with Crippen molar-refractivity contribution in [3.8, 4) is 0 Å². The van der Waals surface area contributed by atoms with E-state index in [1.54, 1.807) is 12.1 Å². The van der Waals surface area contributed by atoms with E-state index in [1.165, 1.54) is 11.3 Å². The standard InChI is InChI=1S/C13H23N3O2S2/c1-2-16-7-5-11(6-8-16)10-15-20(17,18)13-4-3-12(9-14)19-13/h3-4,11,15H,2,5-10,14H2,1H3. The Labute approximate surface area is 125 Å². The predicted octanol–water partition coefficient (Wildman–Crippen LogP) is 1.22. The van der Waals surface area contributed by atoms with Gasteiger partial charge in [0.15, 0.2) is 0 Å². The fourth-order valence-electron chi connectivity index (χ4n) is 2.42. The number of rotatable bonds is 6. The zero-order valence-electron chi connectivity index (χ0n) is 11.8. The average molecular weight is 317 g/mol. The molecule has 0 saturated carbocycles. The molecule has 2 heterocycles. The first-order valence-electron chi connectivity index (χ1n) is 7.06. The van der Waals surface area contributed by atoms with E-state index >= 15 is 0 Å². The minimum absolute atomic E-state index is 0.365. The van der Waals surface area contributed by atoms with Crippen LogP contribution < -0.4 is 10.5 Å². The van der Waals surface area contributed by atoms with Crippen molar-refractivity contribution >= 4 is 21.4 Å². The number of nitrogens with one attached hydrogen (secondary N) is 1. The summed E-state index contributed by atoms with van der Waals surface area (Å²) < 4.78 is 27.4. The molecule has 0 atom stereocenters. The highest BCUT2D eigenvalue weighted by molar-refractivity contribution is 7.91. The van der Waals surface area contributed by atoms with Crippen molar-refractivity contribution in [2.75, 3.05) is 26.2 Å². The second-order valence-electron chi connectivity index (χ2n) is 5.15. The summed E-state index contributed by atoms with van der Waals surface area (Å²) in [4.78, 5) is 3.29. The lowest BCUT2D eigenvalue weighted by atomic mass is 9.97. The van der Waals surface area contributed by atoms with Crippen LogP contribution in [0.1, 0.15) is 24.6 Å². The highest BCUT2D eigenvalue weighted by atomic mass is 32.2. The van der Waals surface area contributed by atoms with Crippen LogP contribution in [0.5, 0.6) is 0 Å². The van der Waals surface area contributed by atoms with Gasteiger partial charge in [0, 0.05) is 18.0 Å². The fourth-order valence-corrected chi connectivity index (χ4v) is 4.81. The van der Waals surface area contributed by atoms with Crippen LogP contribution in [0.25, 0.3) is 0 Å². The Bertz CT molecular complexity index is 519. The molecule has 114 valence electrons. The summed E-state index contributed by atoms with van der Waals surface area (Å²) >= 11 is 1.25. The molecular formula is C13H23N3O2S2. The SMILES string of the molecule is CCN1CCC(CNS(=O)(=O)c2ccc(CN)s2)CC1. The maximum atomic E-state index is 12.2. The van der Waals surface area contributed by atoms with Crippen molar-refractivity contribution in [3.05, 3.63) is 17.0 Å². The van der Waals surface area contributed by atoms with Gasteiger partial charge in [-0.25, -0.2) is 13.1 Å². The molecule has 2 rings (SSSR count). The van der Waals surface area contributed by atoms with E-state index in [0.717, 1.165) is 37.4 Å². The van der Waals surface area contributed by atoms with Crippen LogP contribution in [-0.2, 0) is 16.6 Å². The number of piperidine rings is 1. The smallest absolute Gasteiger partial charge is 0.250 e. The Kier molecular flexibility index (Phi) is 5.57. The van der Waals surface area contributed by atoms with Crippen LogP contribution in [0.2, 0.25) is 0 Å². The summed E-state index contributed by atoms with van der Waals surface area (Å²) in [5.41, 5.74) is 5.51. The van der Waals surface area contributed by atoms with Crippen LogP contribution in [0, 0.1) is 5.92 Å². The Balaban J connectivity index is 1.87. The van der Waals surface area contributed by atoms with Gasteiger partial charge >= 0.3 is 0 Å². The first-order valence-corrected chi connectivity index (χ1v) is 9.36. The van der Waals surface area contributed by atoms with E-state index in [-0.39, 0.29) is 0 Å². The highest BCUT2D eigenvalue weighted by Gasteiger charge is 2.22. The van der Waals surface area contributed by atoms with E-state index in [0.29, 0.717) is 23.2 Å². The minimum Gasteiger partial charge on any atom is -0.326 e. The molecule has 0 amide bonds.